The summed E-state index contributed by atoms with van der Waals surface area (Å²) >= 11 is 6.07. The van der Waals surface area contributed by atoms with Crippen molar-refractivity contribution in [2.24, 2.45) is 5.92 Å². The number of hydrogen-bond donors (Lipinski definition) is 2. The van der Waals surface area contributed by atoms with Gasteiger partial charge in [0, 0.05) is 17.1 Å². The fourth-order valence-corrected chi connectivity index (χ4v) is 2.70. The smallest absolute Gasteiger partial charge is 0.124 e. The van der Waals surface area contributed by atoms with Crippen LogP contribution in [-0.4, -0.2) is 23.9 Å². The topological polar surface area (TPSA) is 41.5 Å². The van der Waals surface area contributed by atoms with Crippen molar-refractivity contribution in [2.45, 2.75) is 51.9 Å². The zero-order valence-corrected chi connectivity index (χ0v) is 13.0. The SMILES string of the molecule is CC(C)CNCc1cc(Cl)ccc1OC1CCCC1O. The summed E-state index contributed by atoms with van der Waals surface area (Å²) in [5.41, 5.74) is 1.05. The van der Waals surface area contributed by atoms with E-state index in [9.17, 15) is 5.11 Å². The van der Waals surface area contributed by atoms with Crippen LogP contribution in [0.1, 0.15) is 38.7 Å². The minimum Gasteiger partial charge on any atom is -0.487 e. The van der Waals surface area contributed by atoms with E-state index < -0.39 is 0 Å². The Hall–Kier alpha value is -0.770. The van der Waals surface area contributed by atoms with Gasteiger partial charge in [-0.2, -0.15) is 0 Å². The molecule has 0 saturated heterocycles. The van der Waals surface area contributed by atoms with Gasteiger partial charge in [0.2, 0.25) is 0 Å². The standard InChI is InChI=1S/C16H24ClNO2/c1-11(2)9-18-10-12-8-13(17)6-7-15(12)20-16-5-3-4-14(16)19/h6-8,11,14,16,18-19H,3-5,9-10H2,1-2H3. The molecule has 2 N–H and O–H groups in total. The van der Waals surface area contributed by atoms with E-state index in [0.29, 0.717) is 10.9 Å². The van der Waals surface area contributed by atoms with Crippen LogP contribution in [0.25, 0.3) is 0 Å². The second-order valence-corrected chi connectivity index (χ2v) is 6.37. The van der Waals surface area contributed by atoms with Crippen molar-refractivity contribution in [2.75, 3.05) is 6.54 Å². The van der Waals surface area contributed by atoms with Crippen LogP contribution in [-0.2, 0) is 6.54 Å². The van der Waals surface area contributed by atoms with E-state index in [-0.39, 0.29) is 12.2 Å². The number of halogens is 1. The van der Waals surface area contributed by atoms with Crippen LogP contribution in [0.4, 0.5) is 0 Å². The molecular formula is C16H24ClNO2. The van der Waals surface area contributed by atoms with E-state index in [4.69, 9.17) is 16.3 Å². The highest BCUT2D eigenvalue weighted by atomic mass is 35.5. The molecule has 1 aliphatic carbocycles. The predicted molar refractivity (Wildman–Crippen MR) is 82.3 cm³/mol. The zero-order chi connectivity index (χ0) is 14.5. The summed E-state index contributed by atoms with van der Waals surface area (Å²) in [6.45, 7) is 6.05. The first-order valence-corrected chi connectivity index (χ1v) is 7.78. The van der Waals surface area contributed by atoms with Crippen molar-refractivity contribution in [1.29, 1.82) is 0 Å². The summed E-state index contributed by atoms with van der Waals surface area (Å²) in [5.74, 6) is 1.44. The molecule has 4 heteroatoms. The van der Waals surface area contributed by atoms with Crippen molar-refractivity contribution in [3.63, 3.8) is 0 Å². The van der Waals surface area contributed by atoms with E-state index in [1.807, 2.05) is 18.2 Å². The number of rotatable bonds is 6. The molecule has 0 heterocycles. The van der Waals surface area contributed by atoms with Gasteiger partial charge in [0.1, 0.15) is 11.9 Å². The largest absolute Gasteiger partial charge is 0.487 e. The molecular weight excluding hydrogens is 274 g/mol. The van der Waals surface area contributed by atoms with Crippen LogP contribution in [0, 0.1) is 5.92 Å². The highest BCUT2D eigenvalue weighted by Crippen LogP contribution is 2.29. The molecule has 1 aromatic rings. The number of aliphatic hydroxyl groups excluding tert-OH is 1. The van der Waals surface area contributed by atoms with Crippen molar-refractivity contribution in [3.8, 4) is 5.75 Å². The minimum atomic E-state index is -0.345. The third-order valence-electron chi connectivity index (χ3n) is 3.59. The number of hydrogen-bond acceptors (Lipinski definition) is 3. The van der Waals surface area contributed by atoms with Gasteiger partial charge in [0.05, 0.1) is 6.10 Å². The lowest BCUT2D eigenvalue weighted by Crippen LogP contribution is -2.26. The predicted octanol–water partition coefficient (Wildman–Crippen LogP) is 3.38. The molecule has 0 amide bonds. The summed E-state index contributed by atoms with van der Waals surface area (Å²) in [6.07, 6.45) is 2.35. The van der Waals surface area contributed by atoms with Crippen molar-refractivity contribution in [3.05, 3.63) is 28.8 Å². The Balaban J connectivity index is 2.03. The van der Waals surface area contributed by atoms with E-state index in [1.165, 1.54) is 0 Å². The van der Waals surface area contributed by atoms with Crippen LogP contribution < -0.4 is 10.1 Å². The van der Waals surface area contributed by atoms with Gasteiger partial charge in [-0.05, 0) is 49.9 Å². The summed E-state index contributed by atoms with van der Waals surface area (Å²) < 4.78 is 5.98. The Labute approximate surface area is 126 Å². The van der Waals surface area contributed by atoms with Crippen LogP contribution in [0.2, 0.25) is 5.02 Å². The Morgan fingerprint density at radius 3 is 2.85 bits per heavy atom. The first kappa shape index (κ1) is 15.6. The lowest BCUT2D eigenvalue weighted by Gasteiger charge is -2.20. The molecule has 1 aromatic carbocycles. The number of aliphatic hydroxyl groups is 1. The summed E-state index contributed by atoms with van der Waals surface area (Å²) in [7, 11) is 0. The minimum absolute atomic E-state index is 0.0833. The second kappa shape index (κ2) is 7.30. The molecule has 1 fully saturated rings. The van der Waals surface area contributed by atoms with Gasteiger partial charge in [-0.3, -0.25) is 0 Å². The van der Waals surface area contributed by atoms with Gasteiger partial charge in [-0.25, -0.2) is 0 Å². The Kier molecular flexibility index (Phi) is 5.70. The fraction of sp³-hybridized carbons (Fsp3) is 0.625. The van der Waals surface area contributed by atoms with Gasteiger partial charge in [0.25, 0.3) is 0 Å². The lowest BCUT2D eigenvalue weighted by molar-refractivity contribution is 0.0597. The quantitative estimate of drug-likeness (QED) is 0.846. The molecule has 1 saturated carbocycles. The van der Waals surface area contributed by atoms with Gasteiger partial charge in [-0.1, -0.05) is 25.4 Å². The molecule has 20 heavy (non-hydrogen) atoms. The Morgan fingerprint density at radius 2 is 2.20 bits per heavy atom. The van der Waals surface area contributed by atoms with Crippen molar-refractivity contribution < 1.29 is 9.84 Å². The molecule has 0 bridgehead atoms. The molecule has 1 aliphatic rings. The normalized spacial score (nSPS) is 22.4. The molecule has 2 unspecified atom stereocenters. The summed E-state index contributed by atoms with van der Waals surface area (Å²) in [4.78, 5) is 0. The number of benzene rings is 1. The third kappa shape index (κ3) is 4.37. The van der Waals surface area contributed by atoms with Crippen LogP contribution in [0.3, 0.4) is 0 Å². The molecule has 2 rings (SSSR count). The average molecular weight is 298 g/mol. The molecule has 112 valence electrons. The maximum Gasteiger partial charge on any atom is 0.124 e. The van der Waals surface area contributed by atoms with Crippen LogP contribution >= 0.6 is 11.6 Å². The first-order chi connectivity index (χ1) is 9.56. The highest BCUT2D eigenvalue weighted by Gasteiger charge is 2.27. The molecule has 0 aliphatic heterocycles. The highest BCUT2D eigenvalue weighted by molar-refractivity contribution is 6.30. The first-order valence-electron chi connectivity index (χ1n) is 7.40. The third-order valence-corrected chi connectivity index (χ3v) is 3.82. The van der Waals surface area contributed by atoms with Crippen molar-refractivity contribution >= 4 is 11.6 Å². The Morgan fingerprint density at radius 1 is 1.40 bits per heavy atom. The lowest BCUT2D eigenvalue weighted by atomic mass is 10.1. The van der Waals surface area contributed by atoms with Crippen molar-refractivity contribution in [1.82, 2.24) is 5.32 Å². The van der Waals surface area contributed by atoms with Gasteiger partial charge in [-0.15, -0.1) is 0 Å². The molecule has 0 spiro atoms. The summed E-state index contributed by atoms with van der Waals surface area (Å²) in [6, 6.07) is 5.68. The molecule has 2 atom stereocenters. The maximum atomic E-state index is 9.88. The summed E-state index contributed by atoms with van der Waals surface area (Å²) in [5, 5.41) is 14.0. The van der Waals surface area contributed by atoms with E-state index in [1.54, 1.807) is 0 Å². The average Bonchev–Trinajstić information content (AvgIpc) is 2.78. The van der Waals surface area contributed by atoms with Gasteiger partial charge >= 0.3 is 0 Å². The van der Waals surface area contributed by atoms with Crippen LogP contribution in [0.5, 0.6) is 5.75 Å². The molecule has 0 radical (unpaired) electrons. The van der Waals surface area contributed by atoms with Gasteiger partial charge in [0.15, 0.2) is 0 Å². The second-order valence-electron chi connectivity index (χ2n) is 5.93. The van der Waals surface area contributed by atoms with Crippen LogP contribution in [0.15, 0.2) is 18.2 Å². The maximum absolute atomic E-state index is 9.88. The Bertz CT molecular complexity index is 436. The van der Waals surface area contributed by atoms with E-state index in [2.05, 4.69) is 19.2 Å². The van der Waals surface area contributed by atoms with E-state index in [0.717, 1.165) is 43.7 Å². The van der Waals surface area contributed by atoms with Gasteiger partial charge < -0.3 is 15.2 Å². The molecule has 0 aromatic heterocycles. The molecule has 3 nitrogen and oxygen atoms in total. The fourth-order valence-electron chi connectivity index (χ4n) is 2.50. The zero-order valence-electron chi connectivity index (χ0n) is 12.2. The number of ether oxygens (including phenoxy) is 1. The van der Waals surface area contributed by atoms with E-state index >= 15 is 0 Å². The monoisotopic (exact) mass is 297 g/mol. The number of nitrogens with one attached hydrogen (secondary N) is 1.